The van der Waals surface area contributed by atoms with Gasteiger partial charge in [0.2, 0.25) is 12.1 Å². The molecule has 0 bridgehead atoms. The van der Waals surface area contributed by atoms with E-state index in [0.29, 0.717) is 42.7 Å². The van der Waals surface area contributed by atoms with Crippen LogP contribution in [0.5, 0.6) is 0 Å². The third-order valence-corrected chi connectivity index (χ3v) is 6.02. The summed E-state index contributed by atoms with van der Waals surface area (Å²) >= 11 is 0.907. The maximum Gasteiger partial charge on any atom is 0.291 e. The largest absolute Gasteiger partial charge is 0.405 e. The van der Waals surface area contributed by atoms with Crippen LogP contribution in [0.15, 0.2) is 75.3 Å². The smallest absolute Gasteiger partial charge is 0.291 e. The van der Waals surface area contributed by atoms with Gasteiger partial charge in [0.15, 0.2) is 0 Å². The van der Waals surface area contributed by atoms with Gasteiger partial charge in [-0.1, -0.05) is 62.4 Å². The van der Waals surface area contributed by atoms with Crippen molar-refractivity contribution in [3.05, 3.63) is 76.5 Å². The first-order valence-corrected chi connectivity index (χ1v) is 12.7. The number of carbonyl (C=O) groups excluding carboxylic acids is 1. The highest BCUT2D eigenvalue weighted by Crippen LogP contribution is 2.24. The molecule has 11 nitrogen and oxygen atoms in total. The van der Waals surface area contributed by atoms with Crippen LogP contribution in [0.25, 0.3) is 0 Å². The van der Waals surface area contributed by atoms with Crippen LogP contribution in [0.2, 0.25) is 0 Å². The van der Waals surface area contributed by atoms with E-state index in [-0.39, 0.29) is 5.70 Å². The van der Waals surface area contributed by atoms with Crippen molar-refractivity contribution in [3.8, 4) is 0 Å². The summed E-state index contributed by atoms with van der Waals surface area (Å²) in [5, 5.41) is 17.3. The van der Waals surface area contributed by atoms with E-state index >= 15 is 0 Å². The number of para-hydroxylation sites is 1. The third kappa shape index (κ3) is 6.88. The van der Waals surface area contributed by atoms with Crippen LogP contribution in [0, 0.1) is 5.41 Å². The number of amides is 1. The average molecular weight is 525 g/mol. The molecule has 37 heavy (non-hydrogen) atoms. The molecule has 0 aliphatic carbocycles. The molecular formula is C25H32N8O3S. The lowest BCUT2D eigenvalue weighted by Crippen LogP contribution is -2.38. The van der Waals surface area contributed by atoms with Crippen molar-refractivity contribution in [1.29, 1.82) is 5.41 Å². The van der Waals surface area contributed by atoms with Crippen LogP contribution in [0.3, 0.4) is 0 Å². The number of carbonyl (C=O) groups is 1. The fourth-order valence-corrected chi connectivity index (χ4v) is 4.19. The SMILES string of the molecule is CC.N=C(O/C(N)=N/C1N=C(c2ccccc2)c2ccccc2NC1=O)/C(N)=C(/SN)N1CCOCC1. The molecule has 1 unspecified atom stereocenters. The molecule has 0 spiro atoms. The maximum atomic E-state index is 12.9. The van der Waals surface area contributed by atoms with Gasteiger partial charge in [-0.15, -0.1) is 0 Å². The van der Waals surface area contributed by atoms with Crippen molar-refractivity contribution in [2.45, 2.75) is 20.0 Å². The molecule has 1 saturated heterocycles. The Labute approximate surface area is 220 Å². The van der Waals surface area contributed by atoms with E-state index in [2.05, 4.69) is 15.3 Å². The van der Waals surface area contributed by atoms with Crippen LogP contribution in [-0.4, -0.2) is 60.9 Å². The minimum atomic E-state index is -1.24. The number of rotatable bonds is 5. The Morgan fingerprint density at radius 1 is 1.14 bits per heavy atom. The molecule has 8 N–H and O–H groups in total. The van der Waals surface area contributed by atoms with Gasteiger partial charge in [0, 0.05) is 24.2 Å². The molecule has 0 aromatic heterocycles. The minimum absolute atomic E-state index is 0.00347. The number of anilines is 1. The number of aliphatic imine (C=N–C) groups is 2. The molecule has 12 heteroatoms. The summed E-state index contributed by atoms with van der Waals surface area (Å²) in [6.07, 6.45) is -1.24. The molecule has 2 heterocycles. The van der Waals surface area contributed by atoms with E-state index in [4.69, 9.17) is 31.5 Å². The summed E-state index contributed by atoms with van der Waals surface area (Å²) in [4.78, 5) is 23.5. The first-order valence-electron chi connectivity index (χ1n) is 11.8. The number of nitrogens with one attached hydrogen (secondary N) is 2. The van der Waals surface area contributed by atoms with Gasteiger partial charge in [0.25, 0.3) is 11.9 Å². The van der Waals surface area contributed by atoms with Gasteiger partial charge in [0.05, 0.1) is 24.6 Å². The second kappa shape index (κ2) is 13.4. The van der Waals surface area contributed by atoms with Gasteiger partial charge in [-0.25, -0.2) is 4.99 Å². The molecular weight excluding hydrogens is 492 g/mol. The molecule has 1 atom stereocenters. The molecule has 2 aliphatic heterocycles. The maximum absolute atomic E-state index is 12.9. The monoisotopic (exact) mass is 524 g/mol. The number of benzodiazepines with no additional fused rings is 1. The number of fused-ring (bicyclic) bond motifs is 1. The predicted octanol–water partition coefficient (Wildman–Crippen LogP) is 2.20. The number of hydrogen-bond donors (Lipinski definition) is 5. The van der Waals surface area contributed by atoms with Gasteiger partial charge >= 0.3 is 0 Å². The minimum Gasteiger partial charge on any atom is -0.405 e. The van der Waals surface area contributed by atoms with Crippen molar-refractivity contribution in [2.24, 2.45) is 26.6 Å². The summed E-state index contributed by atoms with van der Waals surface area (Å²) in [5.41, 5.74) is 14.8. The fourth-order valence-electron chi connectivity index (χ4n) is 3.64. The van der Waals surface area contributed by atoms with Crippen molar-refractivity contribution in [3.63, 3.8) is 0 Å². The Morgan fingerprint density at radius 2 is 1.78 bits per heavy atom. The number of benzene rings is 2. The number of amidine groups is 1. The number of ether oxygens (including phenoxy) is 2. The zero-order valence-corrected chi connectivity index (χ0v) is 21.6. The van der Waals surface area contributed by atoms with Crippen molar-refractivity contribution in [1.82, 2.24) is 4.90 Å². The number of hydrogen-bond acceptors (Lipinski definition) is 10. The topological polar surface area (TPSA) is 177 Å². The number of morpholine rings is 1. The Balaban J connectivity index is 0.00000186. The van der Waals surface area contributed by atoms with E-state index in [1.807, 2.05) is 67.3 Å². The van der Waals surface area contributed by atoms with Gasteiger partial charge < -0.3 is 31.2 Å². The lowest BCUT2D eigenvalue weighted by atomic mass is 10.0. The van der Waals surface area contributed by atoms with Crippen molar-refractivity contribution < 1.29 is 14.3 Å². The number of nitrogens with two attached hydrogens (primary N) is 3. The van der Waals surface area contributed by atoms with Gasteiger partial charge in [-0.3, -0.25) is 15.3 Å². The zero-order valence-electron chi connectivity index (χ0n) is 20.8. The fraction of sp³-hybridized carbons (Fsp3) is 0.280. The molecule has 0 saturated carbocycles. The Hall–Kier alpha value is -3.87. The summed E-state index contributed by atoms with van der Waals surface area (Å²) < 4.78 is 10.7. The van der Waals surface area contributed by atoms with Crippen molar-refractivity contribution in [2.75, 3.05) is 31.6 Å². The highest BCUT2D eigenvalue weighted by Gasteiger charge is 2.26. The van der Waals surface area contributed by atoms with Crippen molar-refractivity contribution >= 4 is 41.2 Å². The summed E-state index contributed by atoms with van der Waals surface area (Å²) in [6, 6.07) is 16.4. The predicted molar refractivity (Wildman–Crippen MR) is 148 cm³/mol. The highest BCUT2D eigenvalue weighted by molar-refractivity contribution is 8.00. The quantitative estimate of drug-likeness (QED) is 0.224. The molecule has 2 aromatic rings. The first-order chi connectivity index (χ1) is 18.0. The highest BCUT2D eigenvalue weighted by atomic mass is 32.2. The molecule has 2 aromatic carbocycles. The van der Waals surface area contributed by atoms with Crippen LogP contribution < -0.4 is 21.9 Å². The van der Waals surface area contributed by atoms with Crippen LogP contribution in [-0.2, 0) is 14.3 Å². The summed E-state index contributed by atoms with van der Waals surface area (Å²) in [5.74, 6) is -0.924. The molecule has 4 rings (SSSR count). The number of nitrogens with zero attached hydrogens (tertiary/aromatic N) is 3. The normalized spacial score (nSPS) is 18.2. The average Bonchev–Trinajstić information content (AvgIpc) is 3.07. The molecule has 196 valence electrons. The lowest BCUT2D eigenvalue weighted by Gasteiger charge is -2.30. The van der Waals surface area contributed by atoms with Gasteiger partial charge in [-0.05, 0) is 18.0 Å². The molecule has 2 aliphatic rings. The van der Waals surface area contributed by atoms with Gasteiger partial charge in [-0.2, -0.15) is 4.99 Å². The Morgan fingerprint density at radius 3 is 2.46 bits per heavy atom. The van der Waals surface area contributed by atoms with Crippen LogP contribution in [0.4, 0.5) is 5.69 Å². The van der Waals surface area contributed by atoms with E-state index in [1.165, 1.54) is 0 Å². The first kappa shape index (κ1) is 27.7. The molecule has 0 radical (unpaired) electrons. The second-order valence-electron chi connectivity index (χ2n) is 7.59. The zero-order chi connectivity index (χ0) is 26.8. The molecule has 1 amide bonds. The summed E-state index contributed by atoms with van der Waals surface area (Å²) in [7, 11) is 0. The van der Waals surface area contributed by atoms with Crippen LogP contribution in [0.1, 0.15) is 25.0 Å². The summed E-state index contributed by atoms with van der Waals surface area (Å²) in [6.45, 7) is 6.21. The van der Waals surface area contributed by atoms with Gasteiger partial charge in [0.1, 0.15) is 10.7 Å². The van der Waals surface area contributed by atoms with E-state index in [9.17, 15) is 4.79 Å². The Bertz CT molecular complexity index is 1190. The lowest BCUT2D eigenvalue weighted by molar-refractivity contribution is -0.117. The molecule has 1 fully saturated rings. The van der Waals surface area contributed by atoms with Crippen LogP contribution >= 0.6 is 11.9 Å². The van der Waals surface area contributed by atoms with E-state index in [0.717, 1.165) is 23.1 Å². The third-order valence-electron chi connectivity index (χ3n) is 5.31. The standard InChI is InChI=1S/C23H26N8O3S.C2H6/c24-17(22(35-27)31-10-12-33-13-11-31)19(25)34-23(26)30-20-21(32)28-16-9-5-4-8-15(16)18(29-20)14-6-2-1-3-7-14;1-2/h1-9,20,25H,10-13,24,27H2,(H2,26,30)(H,28,32);1-2H3/b22-17-,25-19?;. The van der Waals surface area contributed by atoms with E-state index in [1.54, 1.807) is 6.07 Å². The Kier molecular flexibility index (Phi) is 10.1. The second-order valence-corrected chi connectivity index (χ2v) is 8.21. The van der Waals surface area contributed by atoms with E-state index < -0.39 is 24.0 Å².